The maximum absolute atomic E-state index is 13.6. The topological polar surface area (TPSA) is 69.4 Å². The van der Waals surface area contributed by atoms with Crippen LogP contribution in [0, 0.1) is 10.1 Å². The van der Waals surface area contributed by atoms with E-state index < -0.39 is 22.8 Å². The Morgan fingerprint density at radius 2 is 2.19 bits per heavy atom. The summed E-state index contributed by atoms with van der Waals surface area (Å²) >= 11 is 0. The number of nitro groups is 1. The van der Waals surface area contributed by atoms with Gasteiger partial charge < -0.3 is 4.74 Å². The highest BCUT2D eigenvalue weighted by Gasteiger charge is 2.28. The summed E-state index contributed by atoms with van der Waals surface area (Å²) in [5, 5.41) is 10.6. The molecule has 5 nitrogen and oxygen atoms in total. The summed E-state index contributed by atoms with van der Waals surface area (Å²) in [5.41, 5.74) is -0.714. The molecule has 1 unspecified atom stereocenters. The molecule has 0 heterocycles. The average molecular weight is 227 g/mol. The number of para-hydroxylation sites is 1. The lowest BCUT2D eigenvalue weighted by molar-refractivity contribution is -0.385. The van der Waals surface area contributed by atoms with Crippen molar-refractivity contribution in [3.63, 3.8) is 0 Å². The summed E-state index contributed by atoms with van der Waals surface area (Å²) in [6.45, 7) is 1.56. The van der Waals surface area contributed by atoms with E-state index in [-0.39, 0.29) is 12.2 Å². The summed E-state index contributed by atoms with van der Waals surface area (Å²) in [4.78, 5) is 21.0. The third-order valence-electron chi connectivity index (χ3n) is 1.90. The lowest BCUT2D eigenvalue weighted by Gasteiger charge is -2.07. The molecule has 0 aromatic heterocycles. The molecule has 0 radical (unpaired) electrons. The van der Waals surface area contributed by atoms with Crippen LogP contribution >= 0.6 is 0 Å². The van der Waals surface area contributed by atoms with Gasteiger partial charge in [0.05, 0.1) is 17.1 Å². The Bertz CT molecular complexity index is 408. The number of nitro benzene ring substituents is 1. The van der Waals surface area contributed by atoms with Crippen molar-refractivity contribution in [2.75, 3.05) is 6.61 Å². The van der Waals surface area contributed by atoms with E-state index >= 15 is 0 Å². The number of alkyl halides is 1. The molecule has 0 aliphatic heterocycles. The molecule has 0 saturated carbocycles. The van der Waals surface area contributed by atoms with Gasteiger partial charge >= 0.3 is 5.97 Å². The molecule has 1 atom stereocenters. The molecule has 0 aliphatic carbocycles. The molecular formula is C10H10FNO4. The molecule has 86 valence electrons. The van der Waals surface area contributed by atoms with Crippen LogP contribution in [0.25, 0.3) is 0 Å². The third-order valence-corrected chi connectivity index (χ3v) is 1.90. The molecule has 1 aromatic rings. The van der Waals surface area contributed by atoms with Gasteiger partial charge in [0.15, 0.2) is 0 Å². The highest BCUT2D eigenvalue weighted by molar-refractivity contribution is 5.78. The van der Waals surface area contributed by atoms with Crippen molar-refractivity contribution in [2.45, 2.75) is 13.1 Å². The Kier molecular flexibility index (Phi) is 3.93. The first-order valence-corrected chi connectivity index (χ1v) is 4.62. The van der Waals surface area contributed by atoms with Crippen molar-refractivity contribution < 1.29 is 18.8 Å². The molecule has 0 N–H and O–H groups in total. The number of rotatable bonds is 4. The number of benzene rings is 1. The minimum atomic E-state index is -2.12. The summed E-state index contributed by atoms with van der Waals surface area (Å²) in [6, 6.07) is 5.16. The smallest absolute Gasteiger partial charge is 0.345 e. The number of carbonyl (C=O) groups is 1. The first-order chi connectivity index (χ1) is 7.57. The molecule has 1 aromatic carbocycles. The highest BCUT2D eigenvalue weighted by atomic mass is 19.1. The van der Waals surface area contributed by atoms with Gasteiger partial charge in [-0.1, -0.05) is 12.1 Å². The fourth-order valence-electron chi connectivity index (χ4n) is 1.21. The van der Waals surface area contributed by atoms with Gasteiger partial charge in [-0.2, -0.15) is 0 Å². The van der Waals surface area contributed by atoms with Gasteiger partial charge in [0.2, 0.25) is 6.17 Å². The molecule has 0 fully saturated rings. The van der Waals surface area contributed by atoms with Crippen LogP contribution in [0.15, 0.2) is 24.3 Å². The van der Waals surface area contributed by atoms with Crippen LogP contribution in [-0.4, -0.2) is 17.5 Å². The Balaban J connectivity index is 3.03. The van der Waals surface area contributed by atoms with Gasteiger partial charge in [-0.05, 0) is 13.0 Å². The van der Waals surface area contributed by atoms with E-state index in [2.05, 4.69) is 4.74 Å². The normalized spacial score (nSPS) is 11.9. The Morgan fingerprint density at radius 3 is 2.75 bits per heavy atom. The van der Waals surface area contributed by atoms with Crippen LogP contribution in [0.5, 0.6) is 0 Å². The van der Waals surface area contributed by atoms with Gasteiger partial charge in [-0.15, -0.1) is 0 Å². The molecule has 1 rings (SSSR count). The van der Waals surface area contributed by atoms with Crippen LogP contribution in [0.3, 0.4) is 0 Å². The summed E-state index contributed by atoms with van der Waals surface area (Å²) in [5.74, 6) is -1.11. The van der Waals surface area contributed by atoms with E-state index in [1.807, 2.05) is 0 Å². The number of halogens is 1. The molecule has 6 heteroatoms. The second-order valence-corrected chi connectivity index (χ2v) is 2.93. The van der Waals surface area contributed by atoms with E-state index in [4.69, 9.17) is 0 Å². The largest absolute Gasteiger partial charge is 0.464 e. The van der Waals surface area contributed by atoms with Crippen molar-refractivity contribution >= 4 is 11.7 Å². The lowest BCUT2D eigenvalue weighted by Crippen LogP contribution is -2.13. The van der Waals surface area contributed by atoms with Crippen LogP contribution in [0.4, 0.5) is 10.1 Å². The van der Waals surface area contributed by atoms with E-state index in [0.29, 0.717) is 0 Å². The van der Waals surface area contributed by atoms with Gasteiger partial charge in [0.25, 0.3) is 5.69 Å². The number of carbonyl (C=O) groups excluding carboxylic acids is 1. The Hall–Kier alpha value is -1.98. The van der Waals surface area contributed by atoms with Crippen molar-refractivity contribution in [3.8, 4) is 0 Å². The maximum Gasteiger partial charge on any atom is 0.345 e. The van der Waals surface area contributed by atoms with Crippen molar-refractivity contribution in [1.82, 2.24) is 0 Å². The molecule has 0 saturated heterocycles. The van der Waals surface area contributed by atoms with E-state index in [9.17, 15) is 19.3 Å². The predicted octanol–water partition coefficient (Wildman–Crippen LogP) is 2.17. The van der Waals surface area contributed by atoms with Crippen LogP contribution in [-0.2, 0) is 9.53 Å². The highest BCUT2D eigenvalue weighted by Crippen LogP contribution is 2.28. The number of nitrogens with zero attached hydrogens (tertiary/aromatic N) is 1. The SMILES string of the molecule is CCOC(=O)C(F)c1ccccc1[N+](=O)[O-]. The molecular weight excluding hydrogens is 217 g/mol. The van der Waals surface area contributed by atoms with Gasteiger partial charge in [-0.3, -0.25) is 10.1 Å². The van der Waals surface area contributed by atoms with Crippen LogP contribution < -0.4 is 0 Å². The second kappa shape index (κ2) is 5.20. The monoisotopic (exact) mass is 227 g/mol. The minimum Gasteiger partial charge on any atom is -0.464 e. The first kappa shape index (κ1) is 12.1. The third kappa shape index (κ3) is 2.53. The van der Waals surface area contributed by atoms with Crippen molar-refractivity contribution in [1.29, 1.82) is 0 Å². The summed E-state index contributed by atoms with van der Waals surface area (Å²) in [7, 11) is 0. The predicted molar refractivity (Wildman–Crippen MR) is 53.6 cm³/mol. The quantitative estimate of drug-likeness (QED) is 0.449. The van der Waals surface area contributed by atoms with E-state index in [1.165, 1.54) is 25.1 Å². The molecule has 0 spiro atoms. The summed E-state index contributed by atoms with van der Waals surface area (Å²) in [6.07, 6.45) is -2.12. The second-order valence-electron chi connectivity index (χ2n) is 2.93. The zero-order chi connectivity index (χ0) is 12.1. The molecule has 0 amide bonds. The summed E-state index contributed by atoms with van der Waals surface area (Å²) < 4.78 is 18.0. The Morgan fingerprint density at radius 1 is 1.56 bits per heavy atom. The zero-order valence-corrected chi connectivity index (χ0v) is 8.55. The zero-order valence-electron chi connectivity index (χ0n) is 8.55. The van der Waals surface area contributed by atoms with E-state index in [1.54, 1.807) is 0 Å². The number of ether oxygens (including phenoxy) is 1. The molecule has 16 heavy (non-hydrogen) atoms. The van der Waals surface area contributed by atoms with Gasteiger partial charge in [0.1, 0.15) is 0 Å². The number of hydrogen-bond donors (Lipinski definition) is 0. The lowest BCUT2D eigenvalue weighted by atomic mass is 10.1. The number of esters is 1. The van der Waals surface area contributed by atoms with Crippen molar-refractivity contribution in [3.05, 3.63) is 39.9 Å². The van der Waals surface area contributed by atoms with Crippen LogP contribution in [0.2, 0.25) is 0 Å². The average Bonchev–Trinajstić information content (AvgIpc) is 2.28. The standard InChI is InChI=1S/C10H10FNO4/c1-2-16-10(13)9(11)7-5-3-4-6-8(7)12(14)15/h3-6,9H,2H2,1H3. The Labute approximate surface area is 91.0 Å². The maximum atomic E-state index is 13.6. The van der Waals surface area contributed by atoms with Gasteiger partial charge in [0, 0.05) is 6.07 Å². The fraction of sp³-hybridized carbons (Fsp3) is 0.300. The van der Waals surface area contributed by atoms with E-state index in [0.717, 1.165) is 6.07 Å². The van der Waals surface area contributed by atoms with Gasteiger partial charge in [-0.25, -0.2) is 9.18 Å². The number of hydrogen-bond acceptors (Lipinski definition) is 4. The fourth-order valence-corrected chi connectivity index (χ4v) is 1.21. The molecule has 0 aliphatic rings. The first-order valence-electron chi connectivity index (χ1n) is 4.62. The van der Waals surface area contributed by atoms with Crippen LogP contribution in [0.1, 0.15) is 18.7 Å². The van der Waals surface area contributed by atoms with Crippen molar-refractivity contribution in [2.24, 2.45) is 0 Å². The molecule has 0 bridgehead atoms. The minimum absolute atomic E-state index is 0.0277.